The number of aromatic nitrogens is 1. The molecule has 0 fully saturated rings. The molecule has 4 nitrogen and oxygen atoms in total. The van der Waals surface area contributed by atoms with Crippen LogP contribution in [0.5, 0.6) is 0 Å². The third kappa shape index (κ3) is 3.73. The Morgan fingerprint density at radius 2 is 1.69 bits per heavy atom. The van der Waals surface area contributed by atoms with Crippen LogP contribution in [0.25, 0.3) is 11.3 Å². The second kappa shape index (κ2) is 7.80. The van der Waals surface area contributed by atoms with Crippen molar-refractivity contribution in [1.82, 2.24) is 4.57 Å². The van der Waals surface area contributed by atoms with E-state index in [0.717, 1.165) is 27.4 Å². The highest BCUT2D eigenvalue weighted by Crippen LogP contribution is 2.20. The van der Waals surface area contributed by atoms with Crippen LogP contribution in [0.4, 0.5) is 0 Å². The number of furan rings is 1. The second-order valence-corrected chi connectivity index (χ2v) is 6.53. The summed E-state index contributed by atoms with van der Waals surface area (Å²) in [6.45, 7) is 0.612. The largest absolute Gasteiger partial charge is 0.467 e. The van der Waals surface area contributed by atoms with Gasteiger partial charge < -0.3 is 8.98 Å². The molecule has 128 valence electrons. The fraction of sp³-hybridized carbons (Fsp3) is 0.0476. The molecule has 0 saturated carbocycles. The molecule has 0 radical (unpaired) electrons. The highest BCUT2D eigenvalue weighted by atomic mass is 32.1. The molecule has 5 heteroatoms. The minimum atomic E-state index is 0.612. The number of thiazole rings is 1. The summed E-state index contributed by atoms with van der Waals surface area (Å²) in [5, 5.41) is 10.8. The monoisotopic (exact) mass is 359 g/mol. The third-order valence-electron chi connectivity index (χ3n) is 3.91. The van der Waals surface area contributed by atoms with E-state index in [9.17, 15) is 0 Å². The molecule has 2 aromatic carbocycles. The summed E-state index contributed by atoms with van der Waals surface area (Å²) >= 11 is 1.57. The molecule has 2 aromatic heterocycles. The van der Waals surface area contributed by atoms with Gasteiger partial charge in [0.05, 0.1) is 24.7 Å². The van der Waals surface area contributed by atoms with Crippen LogP contribution in [0.2, 0.25) is 0 Å². The van der Waals surface area contributed by atoms with E-state index < -0.39 is 0 Å². The van der Waals surface area contributed by atoms with Crippen molar-refractivity contribution in [2.75, 3.05) is 0 Å². The van der Waals surface area contributed by atoms with Crippen molar-refractivity contribution in [2.45, 2.75) is 6.54 Å². The first-order valence-electron chi connectivity index (χ1n) is 8.28. The minimum absolute atomic E-state index is 0.612. The van der Waals surface area contributed by atoms with Crippen LogP contribution >= 0.6 is 11.3 Å². The summed E-state index contributed by atoms with van der Waals surface area (Å²) in [5.74, 6) is 0.883. The van der Waals surface area contributed by atoms with Gasteiger partial charge in [-0.2, -0.15) is 5.10 Å². The Bertz CT molecular complexity index is 1050. The first-order valence-corrected chi connectivity index (χ1v) is 9.16. The summed E-state index contributed by atoms with van der Waals surface area (Å²) in [7, 11) is 0. The molecule has 0 aliphatic heterocycles. The van der Waals surface area contributed by atoms with Crippen molar-refractivity contribution in [2.24, 2.45) is 10.2 Å². The molecule has 0 saturated heterocycles. The normalized spacial score (nSPS) is 12.1. The third-order valence-corrected chi connectivity index (χ3v) is 4.76. The lowest BCUT2D eigenvalue weighted by Crippen LogP contribution is -2.16. The highest BCUT2D eigenvalue weighted by molar-refractivity contribution is 7.07. The minimum Gasteiger partial charge on any atom is -0.467 e. The van der Waals surface area contributed by atoms with Crippen molar-refractivity contribution in [3.05, 3.63) is 101 Å². The smallest absolute Gasteiger partial charge is 0.211 e. The molecular formula is C21H17N3OS. The van der Waals surface area contributed by atoms with Crippen LogP contribution in [0, 0.1) is 0 Å². The van der Waals surface area contributed by atoms with Gasteiger partial charge in [0, 0.05) is 5.38 Å². The first-order chi connectivity index (χ1) is 12.9. The molecule has 0 aliphatic carbocycles. The standard InChI is InChI=1S/C21H17N3OS/c1-3-8-17(9-4-1)14-22-23-21-24(15-19-12-7-13-25-19)20(16-26-21)18-10-5-2-6-11-18/h1-14,16H,15H2/b22-14+,23-21-. The average molecular weight is 359 g/mol. The highest BCUT2D eigenvalue weighted by Gasteiger charge is 2.09. The molecular weight excluding hydrogens is 342 g/mol. The zero-order valence-electron chi connectivity index (χ0n) is 14.0. The van der Waals surface area contributed by atoms with Gasteiger partial charge in [0.1, 0.15) is 5.76 Å². The predicted molar refractivity (Wildman–Crippen MR) is 105 cm³/mol. The van der Waals surface area contributed by atoms with E-state index in [2.05, 4.69) is 32.3 Å². The van der Waals surface area contributed by atoms with E-state index in [0.29, 0.717) is 6.54 Å². The Balaban J connectivity index is 1.73. The maximum Gasteiger partial charge on any atom is 0.211 e. The van der Waals surface area contributed by atoms with E-state index in [1.807, 2.05) is 60.7 Å². The molecule has 26 heavy (non-hydrogen) atoms. The van der Waals surface area contributed by atoms with Crippen molar-refractivity contribution in [1.29, 1.82) is 0 Å². The van der Waals surface area contributed by atoms with Crippen LogP contribution in [-0.4, -0.2) is 10.8 Å². The second-order valence-electron chi connectivity index (χ2n) is 5.69. The van der Waals surface area contributed by atoms with Crippen LogP contribution in [-0.2, 0) is 6.54 Å². The Kier molecular flexibility index (Phi) is 4.89. The van der Waals surface area contributed by atoms with Crippen LogP contribution in [0.15, 0.2) is 99.1 Å². The van der Waals surface area contributed by atoms with Crippen LogP contribution in [0.3, 0.4) is 0 Å². The predicted octanol–water partition coefficient (Wildman–Crippen LogP) is 4.79. The number of benzene rings is 2. The molecule has 0 atom stereocenters. The molecule has 2 heterocycles. The zero-order valence-corrected chi connectivity index (χ0v) is 14.8. The Morgan fingerprint density at radius 3 is 2.42 bits per heavy atom. The van der Waals surface area contributed by atoms with Gasteiger partial charge in [-0.05, 0) is 23.3 Å². The average Bonchev–Trinajstić information content (AvgIpc) is 3.34. The maximum atomic E-state index is 5.53. The van der Waals surface area contributed by atoms with Gasteiger partial charge in [0.25, 0.3) is 0 Å². The van der Waals surface area contributed by atoms with Gasteiger partial charge in [0.2, 0.25) is 4.80 Å². The number of hydrogen-bond acceptors (Lipinski definition) is 4. The molecule has 4 aromatic rings. The lowest BCUT2D eigenvalue weighted by atomic mass is 10.2. The van der Waals surface area contributed by atoms with Crippen molar-refractivity contribution in [3.8, 4) is 11.3 Å². The lowest BCUT2D eigenvalue weighted by molar-refractivity contribution is 0.491. The van der Waals surface area contributed by atoms with Gasteiger partial charge in [-0.25, -0.2) is 0 Å². The fourth-order valence-electron chi connectivity index (χ4n) is 2.64. The quantitative estimate of drug-likeness (QED) is 0.373. The van der Waals surface area contributed by atoms with Crippen LogP contribution in [0.1, 0.15) is 11.3 Å². The van der Waals surface area contributed by atoms with Crippen molar-refractivity contribution in [3.63, 3.8) is 0 Å². The first kappa shape index (κ1) is 16.3. The van der Waals surface area contributed by atoms with E-state index in [1.165, 1.54) is 0 Å². The van der Waals surface area contributed by atoms with E-state index in [-0.39, 0.29) is 0 Å². The van der Waals surface area contributed by atoms with Gasteiger partial charge in [-0.15, -0.1) is 16.4 Å². The Morgan fingerprint density at radius 1 is 0.923 bits per heavy atom. The van der Waals surface area contributed by atoms with E-state index in [1.54, 1.807) is 23.8 Å². The van der Waals surface area contributed by atoms with Gasteiger partial charge in [0.15, 0.2) is 0 Å². The van der Waals surface area contributed by atoms with Gasteiger partial charge in [-0.3, -0.25) is 0 Å². The fourth-order valence-corrected chi connectivity index (χ4v) is 3.51. The zero-order chi connectivity index (χ0) is 17.6. The number of nitrogens with zero attached hydrogens (tertiary/aromatic N) is 3. The summed E-state index contributed by atoms with van der Waals surface area (Å²) in [6.07, 6.45) is 3.45. The van der Waals surface area contributed by atoms with Crippen LogP contribution < -0.4 is 4.80 Å². The molecule has 0 amide bonds. The summed E-state index contributed by atoms with van der Waals surface area (Å²) in [5.41, 5.74) is 3.26. The molecule has 0 N–H and O–H groups in total. The van der Waals surface area contributed by atoms with Gasteiger partial charge in [-0.1, -0.05) is 60.7 Å². The summed E-state index contributed by atoms with van der Waals surface area (Å²) < 4.78 is 7.66. The lowest BCUT2D eigenvalue weighted by Gasteiger charge is -2.07. The van der Waals surface area contributed by atoms with E-state index >= 15 is 0 Å². The summed E-state index contributed by atoms with van der Waals surface area (Å²) in [4.78, 5) is 0.826. The SMILES string of the molecule is C(=N\N=c1/scc(-c2ccccc2)n1Cc1ccco1)/c1ccccc1. The van der Waals surface area contributed by atoms with Crippen molar-refractivity contribution >= 4 is 17.6 Å². The van der Waals surface area contributed by atoms with E-state index in [4.69, 9.17) is 4.42 Å². The summed E-state index contributed by atoms with van der Waals surface area (Å²) in [6, 6.07) is 24.1. The molecule has 4 rings (SSSR count). The molecule has 0 bridgehead atoms. The molecule has 0 spiro atoms. The molecule has 0 unspecified atom stereocenters. The molecule has 0 aliphatic rings. The maximum absolute atomic E-state index is 5.53. The Labute approximate surface area is 155 Å². The van der Waals surface area contributed by atoms with Crippen molar-refractivity contribution < 1.29 is 4.42 Å². The number of hydrogen-bond donors (Lipinski definition) is 0. The topological polar surface area (TPSA) is 42.8 Å². The van der Waals surface area contributed by atoms with Gasteiger partial charge >= 0.3 is 0 Å². The Hall–Kier alpha value is -3.18. The number of rotatable bonds is 5.